The number of nitrogens with zero attached hydrogens (tertiary/aromatic N) is 1. The van der Waals surface area contributed by atoms with Gasteiger partial charge in [-0.15, -0.1) is 0 Å². The van der Waals surface area contributed by atoms with E-state index in [1.807, 2.05) is 54.3 Å². The Kier molecular flexibility index (Phi) is 5.88. The third-order valence-corrected chi connectivity index (χ3v) is 6.01. The van der Waals surface area contributed by atoms with Crippen LogP contribution in [0, 0.1) is 0 Å². The fraction of sp³-hybridized carbons (Fsp3) is 0.458. The highest BCUT2D eigenvalue weighted by Gasteiger charge is 2.44. The number of carbonyl (C=O) groups is 1. The first kappa shape index (κ1) is 19.9. The van der Waals surface area contributed by atoms with E-state index in [-0.39, 0.29) is 23.7 Å². The largest absolute Gasteiger partial charge is 0.494 e. The molecule has 2 aromatic carbocycles. The van der Waals surface area contributed by atoms with Crippen LogP contribution in [0.5, 0.6) is 5.75 Å². The van der Waals surface area contributed by atoms with Crippen LogP contribution in [-0.2, 0) is 4.74 Å². The van der Waals surface area contributed by atoms with E-state index in [4.69, 9.17) is 9.47 Å². The van der Waals surface area contributed by atoms with Gasteiger partial charge in [-0.05, 0) is 43.5 Å². The van der Waals surface area contributed by atoms with Crippen LogP contribution in [0.1, 0.15) is 54.6 Å². The Hall–Kier alpha value is -2.37. The fourth-order valence-electron chi connectivity index (χ4n) is 4.54. The number of aliphatic hydroxyl groups excluding tert-OH is 1. The molecule has 154 valence electrons. The highest BCUT2D eigenvalue weighted by atomic mass is 16.5. The van der Waals surface area contributed by atoms with E-state index in [0.29, 0.717) is 38.1 Å². The monoisotopic (exact) mass is 395 g/mol. The second kappa shape index (κ2) is 8.56. The molecule has 1 amide bonds. The summed E-state index contributed by atoms with van der Waals surface area (Å²) in [6, 6.07) is 17.5. The van der Waals surface area contributed by atoms with Gasteiger partial charge in [0.25, 0.3) is 5.91 Å². The molecule has 0 bridgehead atoms. The summed E-state index contributed by atoms with van der Waals surface area (Å²) in [5.74, 6) is 0.744. The van der Waals surface area contributed by atoms with Gasteiger partial charge in [0.15, 0.2) is 0 Å². The van der Waals surface area contributed by atoms with E-state index in [2.05, 4.69) is 12.1 Å². The summed E-state index contributed by atoms with van der Waals surface area (Å²) in [5.41, 5.74) is 1.40. The molecule has 2 aliphatic heterocycles. The van der Waals surface area contributed by atoms with E-state index in [1.165, 1.54) is 0 Å². The lowest BCUT2D eigenvalue weighted by atomic mass is 9.81. The molecule has 2 saturated heterocycles. The predicted octanol–water partition coefficient (Wildman–Crippen LogP) is 3.97. The van der Waals surface area contributed by atoms with Crippen molar-refractivity contribution in [1.82, 2.24) is 4.90 Å². The van der Waals surface area contributed by atoms with Crippen LogP contribution in [0.2, 0.25) is 0 Å². The summed E-state index contributed by atoms with van der Waals surface area (Å²) in [6.07, 6.45) is 2.27. The second-order valence-electron chi connectivity index (χ2n) is 8.05. The van der Waals surface area contributed by atoms with Crippen molar-refractivity contribution in [1.29, 1.82) is 0 Å². The molecule has 2 fully saturated rings. The number of likely N-dealkylation sites (tertiary alicyclic amines) is 1. The minimum atomic E-state index is -0.376. The molecule has 1 spiro atoms. The average Bonchev–Trinajstić information content (AvgIpc) is 2.74. The normalized spacial score (nSPS) is 23.7. The lowest BCUT2D eigenvalue weighted by molar-refractivity contribution is -0.181. The van der Waals surface area contributed by atoms with Gasteiger partial charge in [-0.1, -0.05) is 36.4 Å². The maximum atomic E-state index is 13.0. The summed E-state index contributed by atoms with van der Waals surface area (Å²) >= 11 is 0. The number of hydrogen-bond donors (Lipinski definition) is 1. The fourth-order valence-corrected chi connectivity index (χ4v) is 4.54. The van der Waals surface area contributed by atoms with E-state index in [0.717, 1.165) is 24.2 Å². The Bertz CT molecular complexity index is 830. The van der Waals surface area contributed by atoms with Crippen molar-refractivity contribution in [3.8, 4) is 5.75 Å². The van der Waals surface area contributed by atoms with Crippen LogP contribution in [0.3, 0.4) is 0 Å². The highest BCUT2D eigenvalue weighted by molar-refractivity contribution is 5.94. The molecule has 0 aliphatic carbocycles. The van der Waals surface area contributed by atoms with Crippen molar-refractivity contribution < 1.29 is 19.4 Å². The average molecular weight is 395 g/mol. The van der Waals surface area contributed by atoms with Crippen LogP contribution in [0.15, 0.2) is 54.6 Å². The van der Waals surface area contributed by atoms with Crippen molar-refractivity contribution in [2.24, 2.45) is 0 Å². The molecular weight excluding hydrogens is 366 g/mol. The number of aliphatic hydroxyl groups is 1. The van der Waals surface area contributed by atoms with Crippen LogP contribution < -0.4 is 4.74 Å². The topological polar surface area (TPSA) is 59.0 Å². The quantitative estimate of drug-likeness (QED) is 0.851. The van der Waals surface area contributed by atoms with Crippen molar-refractivity contribution in [2.45, 2.75) is 50.4 Å². The van der Waals surface area contributed by atoms with E-state index in [9.17, 15) is 9.90 Å². The summed E-state index contributed by atoms with van der Waals surface area (Å²) in [6.45, 7) is 3.77. The zero-order valence-electron chi connectivity index (χ0n) is 16.9. The Morgan fingerprint density at radius 3 is 2.66 bits per heavy atom. The highest BCUT2D eigenvalue weighted by Crippen LogP contribution is 2.43. The molecule has 2 aromatic rings. The van der Waals surface area contributed by atoms with Crippen LogP contribution >= 0.6 is 0 Å². The zero-order valence-corrected chi connectivity index (χ0v) is 16.9. The first-order valence-corrected chi connectivity index (χ1v) is 10.5. The second-order valence-corrected chi connectivity index (χ2v) is 8.05. The Labute approximate surface area is 172 Å². The number of ether oxygens (including phenoxy) is 2. The molecule has 0 unspecified atom stereocenters. The minimum absolute atomic E-state index is 0.0253. The zero-order chi connectivity index (χ0) is 20.3. The molecule has 0 radical (unpaired) electrons. The number of amides is 1. The minimum Gasteiger partial charge on any atom is -0.494 e. The van der Waals surface area contributed by atoms with Crippen LogP contribution in [0.4, 0.5) is 0 Å². The molecule has 2 aliphatic rings. The molecule has 4 rings (SSSR count). The Morgan fingerprint density at radius 1 is 1.17 bits per heavy atom. The van der Waals surface area contributed by atoms with E-state index < -0.39 is 0 Å². The third kappa shape index (κ3) is 4.46. The van der Waals surface area contributed by atoms with E-state index in [1.54, 1.807) is 0 Å². The smallest absolute Gasteiger partial charge is 0.253 e. The van der Waals surface area contributed by atoms with Gasteiger partial charge in [-0.25, -0.2) is 0 Å². The third-order valence-electron chi connectivity index (χ3n) is 6.01. The summed E-state index contributed by atoms with van der Waals surface area (Å²) in [7, 11) is 0. The molecule has 2 heterocycles. The SMILES string of the molecule is CCOc1cccc(C(=O)N2CCC3(CC2)C[C@H](O)C[C@H](c2ccccc2)O3)c1. The maximum absolute atomic E-state index is 13.0. The number of hydrogen-bond acceptors (Lipinski definition) is 4. The Balaban J connectivity index is 1.43. The number of piperidine rings is 1. The Morgan fingerprint density at radius 2 is 1.93 bits per heavy atom. The standard InChI is InChI=1S/C24H29NO4/c1-2-28-21-10-6-9-19(15-21)23(27)25-13-11-24(12-14-25)17-20(26)16-22(29-24)18-7-4-3-5-8-18/h3-10,15,20,22,26H,2,11-14,16-17H2,1H3/t20-,22-/m1/s1. The lowest BCUT2D eigenvalue weighted by Crippen LogP contribution is -2.52. The molecule has 2 atom stereocenters. The number of carbonyl (C=O) groups excluding carboxylic acids is 1. The van der Waals surface area contributed by atoms with Gasteiger partial charge in [0.1, 0.15) is 5.75 Å². The van der Waals surface area contributed by atoms with Gasteiger partial charge in [-0.2, -0.15) is 0 Å². The van der Waals surface area contributed by atoms with Gasteiger partial charge < -0.3 is 19.5 Å². The van der Waals surface area contributed by atoms with Gasteiger partial charge in [0, 0.05) is 31.5 Å². The summed E-state index contributed by atoms with van der Waals surface area (Å²) < 4.78 is 12.1. The van der Waals surface area contributed by atoms with Crippen molar-refractivity contribution in [3.05, 3.63) is 65.7 Å². The van der Waals surface area contributed by atoms with Crippen molar-refractivity contribution >= 4 is 5.91 Å². The number of rotatable bonds is 4. The maximum Gasteiger partial charge on any atom is 0.253 e. The first-order valence-electron chi connectivity index (χ1n) is 10.5. The van der Waals surface area contributed by atoms with Crippen LogP contribution in [0.25, 0.3) is 0 Å². The molecule has 5 heteroatoms. The molecule has 5 nitrogen and oxygen atoms in total. The van der Waals surface area contributed by atoms with Gasteiger partial charge >= 0.3 is 0 Å². The van der Waals surface area contributed by atoms with Gasteiger partial charge in [0.2, 0.25) is 0 Å². The molecule has 0 saturated carbocycles. The lowest BCUT2D eigenvalue weighted by Gasteiger charge is -2.48. The molecule has 1 N–H and O–H groups in total. The first-order chi connectivity index (χ1) is 14.1. The summed E-state index contributed by atoms with van der Waals surface area (Å²) in [4.78, 5) is 14.8. The van der Waals surface area contributed by atoms with E-state index >= 15 is 0 Å². The van der Waals surface area contributed by atoms with Crippen LogP contribution in [-0.4, -0.2) is 47.3 Å². The molecular formula is C24H29NO4. The molecule has 29 heavy (non-hydrogen) atoms. The van der Waals surface area contributed by atoms with Gasteiger partial charge in [0.05, 0.1) is 24.4 Å². The van der Waals surface area contributed by atoms with Crippen molar-refractivity contribution in [2.75, 3.05) is 19.7 Å². The summed E-state index contributed by atoms with van der Waals surface area (Å²) in [5, 5.41) is 10.5. The predicted molar refractivity (Wildman–Crippen MR) is 111 cm³/mol. The number of benzene rings is 2. The van der Waals surface area contributed by atoms with Gasteiger partial charge in [-0.3, -0.25) is 4.79 Å². The van der Waals surface area contributed by atoms with Crippen molar-refractivity contribution in [3.63, 3.8) is 0 Å². The molecule has 0 aromatic heterocycles.